The molecule has 0 saturated carbocycles. The second kappa shape index (κ2) is 9.67. The number of para-hydroxylation sites is 2. The zero-order chi connectivity index (χ0) is 23.3. The monoisotopic (exact) mass is 474 g/mol. The Balaban J connectivity index is 1.91. The van der Waals surface area contributed by atoms with E-state index in [0.717, 1.165) is 6.07 Å². The quantitative estimate of drug-likeness (QED) is 0.272. The van der Waals surface area contributed by atoms with E-state index >= 15 is 0 Å². The molecule has 0 radical (unpaired) electrons. The minimum absolute atomic E-state index is 0.0256. The first-order valence-corrected chi connectivity index (χ1v) is 11.1. The fourth-order valence-corrected chi connectivity index (χ4v) is 4.18. The Morgan fingerprint density at radius 1 is 1.06 bits per heavy atom. The van der Waals surface area contributed by atoms with Gasteiger partial charge in [0, 0.05) is 16.7 Å². The summed E-state index contributed by atoms with van der Waals surface area (Å²) in [6, 6.07) is 16.9. The number of anilines is 2. The number of hydrogen-bond acceptors (Lipinski definition) is 7. The molecule has 0 aromatic heterocycles. The summed E-state index contributed by atoms with van der Waals surface area (Å²) in [5, 5.41) is 16.2. The maximum atomic E-state index is 12.8. The zero-order valence-corrected chi connectivity index (χ0v) is 18.6. The van der Waals surface area contributed by atoms with Crippen LogP contribution in [0.25, 0.3) is 0 Å². The van der Waals surface area contributed by atoms with Crippen molar-refractivity contribution in [2.75, 3.05) is 17.3 Å². The number of halogens is 1. The van der Waals surface area contributed by atoms with Crippen LogP contribution in [0.5, 0.6) is 5.75 Å². The van der Waals surface area contributed by atoms with Crippen LogP contribution in [0.4, 0.5) is 17.1 Å². The molecule has 32 heavy (non-hydrogen) atoms. The van der Waals surface area contributed by atoms with E-state index in [1.165, 1.54) is 25.3 Å². The summed E-state index contributed by atoms with van der Waals surface area (Å²) in [4.78, 5) is 10.6. The summed E-state index contributed by atoms with van der Waals surface area (Å²) in [5.41, 5.74) is 3.55. The highest BCUT2D eigenvalue weighted by Gasteiger charge is 2.22. The van der Waals surface area contributed by atoms with Crippen LogP contribution in [0.15, 0.2) is 76.7 Å². The Morgan fingerprint density at radius 2 is 1.75 bits per heavy atom. The molecule has 0 amide bonds. The van der Waals surface area contributed by atoms with Gasteiger partial charge in [-0.1, -0.05) is 41.9 Å². The highest BCUT2D eigenvalue weighted by molar-refractivity contribution is 7.92. The predicted octanol–water partition coefficient (Wildman–Crippen LogP) is 4.89. The van der Waals surface area contributed by atoms with Crippen molar-refractivity contribution >= 4 is 44.4 Å². The molecule has 0 aliphatic rings. The minimum Gasteiger partial charge on any atom is -0.495 e. The van der Waals surface area contributed by atoms with Crippen LogP contribution < -0.4 is 14.9 Å². The molecule has 2 N–H and O–H groups in total. The lowest BCUT2D eigenvalue weighted by atomic mass is 10.1. The lowest BCUT2D eigenvalue weighted by molar-refractivity contribution is -0.384. The minimum atomic E-state index is -4.11. The van der Waals surface area contributed by atoms with E-state index in [1.807, 2.05) is 0 Å². The third-order valence-electron chi connectivity index (χ3n) is 4.44. The second-order valence-electron chi connectivity index (χ2n) is 6.53. The Labute approximate surface area is 189 Å². The van der Waals surface area contributed by atoms with Crippen molar-refractivity contribution in [2.24, 2.45) is 5.10 Å². The number of nitrogens with one attached hydrogen (secondary N) is 2. The Kier molecular flexibility index (Phi) is 6.96. The largest absolute Gasteiger partial charge is 0.495 e. The molecule has 0 fully saturated rings. The number of nitrogens with zero attached hydrogens (tertiary/aromatic N) is 2. The molecule has 3 rings (SSSR count). The summed E-state index contributed by atoms with van der Waals surface area (Å²) in [5.74, 6) is 0.313. The highest BCUT2D eigenvalue weighted by atomic mass is 35.5. The smallest absolute Gasteiger partial charge is 0.295 e. The van der Waals surface area contributed by atoms with Gasteiger partial charge in [0.05, 0.1) is 28.3 Å². The zero-order valence-electron chi connectivity index (χ0n) is 17.1. The SMILES string of the molecule is COc1ccccc1NS(=O)(=O)c1ccc(N/N=C(/C)c2ccccc2Cl)c([N+](=O)[O-])c1. The molecule has 0 aliphatic heterocycles. The summed E-state index contributed by atoms with van der Waals surface area (Å²) in [6.45, 7) is 1.69. The normalized spacial score (nSPS) is 11.7. The van der Waals surface area contributed by atoms with E-state index < -0.39 is 20.6 Å². The van der Waals surface area contributed by atoms with Crippen molar-refractivity contribution in [3.63, 3.8) is 0 Å². The Morgan fingerprint density at radius 3 is 2.44 bits per heavy atom. The van der Waals surface area contributed by atoms with Gasteiger partial charge in [0.25, 0.3) is 15.7 Å². The molecular formula is C21H19ClN4O5S. The molecule has 0 heterocycles. The highest BCUT2D eigenvalue weighted by Crippen LogP contribution is 2.31. The molecule has 11 heteroatoms. The number of nitro groups is 1. The van der Waals surface area contributed by atoms with E-state index in [2.05, 4.69) is 15.2 Å². The number of hydrogen-bond donors (Lipinski definition) is 2. The van der Waals surface area contributed by atoms with Gasteiger partial charge in [-0.2, -0.15) is 5.10 Å². The van der Waals surface area contributed by atoms with Crippen molar-refractivity contribution in [2.45, 2.75) is 11.8 Å². The van der Waals surface area contributed by atoms with E-state index in [1.54, 1.807) is 49.4 Å². The maximum Gasteiger partial charge on any atom is 0.295 e. The lowest BCUT2D eigenvalue weighted by Crippen LogP contribution is -2.14. The maximum absolute atomic E-state index is 12.8. The summed E-state index contributed by atoms with van der Waals surface area (Å²) >= 11 is 6.14. The third kappa shape index (κ3) is 5.16. The first kappa shape index (κ1) is 23.0. The van der Waals surface area contributed by atoms with Crippen molar-refractivity contribution in [1.82, 2.24) is 0 Å². The summed E-state index contributed by atoms with van der Waals surface area (Å²) in [6.07, 6.45) is 0. The average molecular weight is 475 g/mol. The van der Waals surface area contributed by atoms with Crippen molar-refractivity contribution in [3.8, 4) is 5.75 Å². The van der Waals surface area contributed by atoms with Crippen LogP contribution in [0.1, 0.15) is 12.5 Å². The second-order valence-corrected chi connectivity index (χ2v) is 8.62. The van der Waals surface area contributed by atoms with Crippen LogP contribution in [0.2, 0.25) is 5.02 Å². The first-order chi connectivity index (χ1) is 15.2. The number of rotatable bonds is 8. The first-order valence-electron chi connectivity index (χ1n) is 9.22. The van der Waals surface area contributed by atoms with E-state index in [4.69, 9.17) is 16.3 Å². The number of hydrazone groups is 1. The fourth-order valence-electron chi connectivity index (χ4n) is 2.82. The topological polar surface area (TPSA) is 123 Å². The molecule has 3 aromatic carbocycles. The van der Waals surface area contributed by atoms with Crippen molar-refractivity contribution in [3.05, 3.63) is 87.4 Å². The standard InChI is InChI=1S/C21H19ClN4O5S/c1-14(16-7-3-4-8-17(16)22)23-24-18-12-11-15(13-20(18)26(27)28)32(29,30)25-19-9-5-6-10-21(19)31-2/h3-13,24-25H,1-2H3/b23-14-. The third-order valence-corrected chi connectivity index (χ3v) is 6.13. The number of sulfonamides is 1. The number of methoxy groups -OCH3 is 1. The molecular weight excluding hydrogens is 456 g/mol. The summed E-state index contributed by atoms with van der Waals surface area (Å²) < 4.78 is 33.1. The van der Waals surface area contributed by atoms with Gasteiger partial charge in [-0.25, -0.2) is 8.42 Å². The molecule has 9 nitrogen and oxygen atoms in total. The van der Waals surface area contributed by atoms with E-state index in [0.29, 0.717) is 22.0 Å². The number of benzene rings is 3. The van der Waals surface area contributed by atoms with Crippen LogP contribution in [-0.2, 0) is 10.0 Å². The van der Waals surface area contributed by atoms with Gasteiger partial charge < -0.3 is 4.74 Å². The molecule has 0 bridgehead atoms. The molecule has 0 aliphatic carbocycles. The van der Waals surface area contributed by atoms with Gasteiger partial charge in [-0.05, 0) is 37.3 Å². The van der Waals surface area contributed by atoms with Crippen LogP contribution >= 0.6 is 11.6 Å². The number of nitro benzene ring substituents is 1. The van der Waals surface area contributed by atoms with Crippen LogP contribution in [0, 0.1) is 10.1 Å². The molecule has 0 atom stereocenters. The van der Waals surface area contributed by atoms with Gasteiger partial charge in [-0.3, -0.25) is 20.3 Å². The van der Waals surface area contributed by atoms with Gasteiger partial charge in [0.1, 0.15) is 11.4 Å². The lowest BCUT2D eigenvalue weighted by Gasteiger charge is -2.12. The molecule has 0 unspecified atom stereocenters. The fraction of sp³-hybridized carbons (Fsp3) is 0.0952. The van der Waals surface area contributed by atoms with Gasteiger partial charge >= 0.3 is 0 Å². The van der Waals surface area contributed by atoms with Crippen molar-refractivity contribution in [1.29, 1.82) is 0 Å². The molecule has 0 saturated heterocycles. The molecule has 166 valence electrons. The van der Waals surface area contributed by atoms with E-state index in [-0.39, 0.29) is 16.3 Å². The number of ether oxygens (including phenoxy) is 1. The van der Waals surface area contributed by atoms with Crippen LogP contribution in [0.3, 0.4) is 0 Å². The average Bonchev–Trinajstić information content (AvgIpc) is 2.77. The predicted molar refractivity (Wildman–Crippen MR) is 124 cm³/mol. The molecule has 3 aromatic rings. The summed E-state index contributed by atoms with van der Waals surface area (Å²) in [7, 11) is -2.71. The molecule has 0 spiro atoms. The van der Waals surface area contributed by atoms with Gasteiger partial charge in [-0.15, -0.1) is 0 Å². The Bertz CT molecular complexity index is 1290. The van der Waals surface area contributed by atoms with Crippen LogP contribution in [-0.4, -0.2) is 26.2 Å². The van der Waals surface area contributed by atoms with E-state index in [9.17, 15) is 18.5 Å². The van der Waals surface area contributed by atoms with Crippen molar-refractivity contribution < 1.29 is 18.1 Å². The Hall–Kier alpha value is -3.63. The van der Waals surface area contributed by atoms with Gasteiger partial charge in [0.2, 0.25) is 0 Å². The van der Waals surface area contributed by atoms with Gasteiger partial charge in [0.15, 0.2) is 0 Å².